The number of fused-ring (bicyclic) bond motifs is 2. The molecule has 2 aliphatic heterocycles. The Morgan fingerprint density at radius 1 is 0.396 bits per heavy atom. The number of carbonyl (C=O) groups excluding carboxylic acids is 4. The van der Waals surface area contributed by atoms with Gasteiger partial charge in [0.2, 0.25) is 0 Å². The molecule has 0 saturated heterocycles. The van der Waals surface area contributed by atoms with E-state index >= 15 is 0 Å². The van der Waals surface area contributed by atoms with Gasteiger partial charge in [-0.15, -0.1) is 45.3 Å². The number of benzene rings is 2. The van der Waals surface area contributed by atoms with Crippen molar-refractivity contribution in [3.63, 3.8) is 0 Å². The predicted octanol–water partition coefficient (Wildman–Crippen LogP) is 9.37. The molecule has 2 aliphatic rings. The van der Waals surface area contributed by atoms with Gasteiger partial charge >= 0.3 is 0 Å². The van der Waals surface area contributed by atoms with E-state index in [1.807, 2.05) is 12.1 Å². The van der Waals surface area contributed by atoms with Crippen LogP contribution in [0.2, 0.25) is 0 Å². The molecule has 2 aromatic carbocycles. The van der Waals surface area contributed by atoms with Gasteiger partial charge < -0.3 is 0 Å². The molecular formula is C32H10F6N2O4S4. The van der Waals surface area contributed by atoms with Crippen molar-refractivity contribution in [2.45, 2.75) is 0 Å². The Morgan fingerprint density at radius 2 is 0.708 bits per heavy atom. The summed E-state index contributed by atoms with van der Waals surface area (Å²) in [4.78, 5) is 57.0. The van der Waals surface area contributed by atoms with Gasteiger partial charge in [-0.3, -0.25) is 19.2 Å². The second-order valence-corrected chi connectivity index (χ2v) is 14.6. The molecule has 0 aliphatic carbocycles. The molecule has 0 spiro atoms. The van der Waals surface area contributed by atoms with Crippen LogP contribution >= 0.6 is 45.3 Å². The van der Waals surface area contributed by atoms with E-state index in [4.69, 9.17) is 0 Å². The molecule has 0 radical (unpaired) electrons. The van der Waals surface area contributed by atoms with E-state index < -0.39 is 69.9 Å². The Bertz CT molecular complexity index is 2160. The van der Waals surface area contributed by atoms with Gasteiger partial charge in [-0.05, 0) is 36.4 Å². The number of thiophene rings is 4. The highest BCUT2D eigenvalue weighted by Crippen LogP contribution is 2.47. The minimum absolute atomic E-state index is 0.00945. The van der Waals surface area contributed by atoms with Crippen molar-refractivity contribution in [3.8, 4) is 29.3 Å². The van der Waals surface area contributed by atoms with Crippen LogP contribution < -0.4 is 9.80 Å². The molecule has 16 heteroatoms. The average Bonchev–Trinajstić information content (AvgIpc) is 3.86. The van der Waals surface area contributed by atoms with Gasteiger partial charge in [-0.25, -0.2) is 36.1 Å². The van der Waals surface area contributed by atoms with Gasteiger partial charge in [0.05, 0.1) is 11.1 Å². The fourth-order valence-electron chi connectivity index (χ4n) is 5.40. The van der Waals surface area contributed by atoms with Crippen LogP contribution in [-0.4, -0.2) is 23.6 Å². The zero-order valence-corrected chi connectivity index (χ0v) is 26.5. The smallest absolute Gasteiger partial charge is 0.268 e. The third kappa shape index (κ3) is 4.51. The fraction of sp³-hybridized carbons (Fsp3) is 0. The number of imide groups is 2. The van der Waals surface area contributed by atoms with E-state index in [0.29, 0.717) is 53.6 Å². The van der Waals surface area contributed by atoms with Crippen molar-refractivity contribution in [2.24, 2.45) is 0 Å². The first-order chi connectivity index (χ1) is 22.9. The van der Waals surface area contributed by atoms with Gasteiger partial charge in [-0.2, -0.15) is 0 Å². The number of rotatable bonds is 5. The number of hydrogen-bond donors (Lipinski definition) is 0. The third-order valence-electron chi connectivity index (χ3n) is 7.48. The molecule has 0 N–H and O–H groups in total. The monoisotopic (exact) mass is 728 g/mol. The van der Waals surface area contributed by atoms with Crippen molar-refractivity contribution in [3.05, 3.63) is 116 Å². The first-order valence-corrected chi connectivity index (χ1v) is 16.7. The van der Waals surface area contributed by atoms with Gasteiger partial charge in [0, 0.05) is 53.5 Å². The molecule has 4 amide bonds. The summed E-state index contributed by atoms with van der Waals surface area (Å²) < 4.78 is 84.2. The van der Waals surface area contributed by atoms with Gasteiger partial charge in [0.1, 0.15) is 32.8 Å². The number of nitrogens with zero attached hydrogens (tertiary/aromatic N) is 2. The number of halogens is 6. The summed E-state index contributed by atoms with van der Waals surface area (Å²) in [6, 6.07) is 11.7. The SMILES string of the molecule is O=C1c2cc(-c3ccc(-c4ccc(-c5cc6c(s5)C(=O)N(c5c(F)cc(F)cc5F)C6=O)s4)s3)sc2C(=O)N1c1c(F)cc(F)cc1F. The zero-order chi connectivity index (χ0) is 33.8. The van der Waals surface area contributed by atoms with E-state index in [-0.39, 0.29) is 20.9 Å². The van der Waals surface area contributed by atoms with Crippen LogP contribution in [0.4, 0.5) is 37.7 Å². The molecule has 0 bridgehead atoms. The van der Waals surface area contributed by atoms with Crippen molar-refractivity contribution in [1.82, 2.24) is 0 Å². The molecule has 48 heavy (non-hydrogen) atoms. The van der Waals surface area contributed by atoms with Gasteiger partial charge in [-0.1, -0.05) is 0 Å². The molecule has 8 rings (SSSR count). The predicted molar refractivity (Wildman–Crippen MR) is 169 cm³/mol. The maximum atomic E-state index is 14.4. The highest BCUT2D eigenvalue weighted by molar-refractivity contribution is 7.29. The minimum atomic E-state index is -1.38. The Labute approximate surface area is 280 Å². The molecule has 0 fully saturated rings. The van der Waals surface area contributed by atoms with Crippen molar-refractivity contribution >= 4 is 80.4 Å². The number of hydrogen-bond acceptors (Lipinski definition) is 8. The van der Waals surface area contributed by atoms with Crippen LogP contribution in [0.25, 0.3) is 29.3 Å². The van der Waals surface area contributed by atoms with E-state index in [9.17, 15) is 45.5 Å². The Morgan fingerprint density at radius 3 is 1.02 bits per heavy atom. The quantitative estimate of drug-likeness (QED) is 0.131. The molecular weight excluding hydrogens is 719 g/mol. The summed E-state index contributed by atoms with van der Waals surface area (Å²) in [7, 11) is 0. The van der Waals surface area contributed by atoms with Crippen molar-refractivity contribution < 1.29 is 45.5 Å². The largest absolute Gasteiger partial charge is 0.276 e. The second-order valence-electron chi connectivity index (χ2n) is 10.4. The summed E-state index contributed by atoms with van der Waals surface area (Å²) in [5.74, 6) is -11.6. The lowest BCUT2D eigenvalue weighted by Crippen LogP contribution is -2.31. The molecule has 0 atom stereocenters. The maximum Gasteiger partial charge on any atom is 0.276 e. The van der Waals surface area contributed by atoms with Crippen LogP contribution in [0.5, 0.6) is 0 Å². The van der Waals surface area contributed by atoms with Gasteiger partial charge in [0.25, 0.3) is 23.6 Å². The van der Waals surface area contributed by atoms with E-state index in [1.165, 1.54) is 34.8 Å². The Hall–Kier alpha value is -4.90. The van der Waals surface area contributed by atoms with E-state index in [1.54, 1.807) is 12.1 Å². The molecule has 238 valence electrons. The highest BCUT2D eigenvalue weighted by Gasteiger charge is 2.43. The number of carbonyl (C=O) groups is 4. The number of amides is 4. The molecule has 0 unspecified atom stereocenters. The maximum absolute atomic E-state index is 14.4. The summed E-state index contributed by atoms with van der Waals surface area (Å²) in [6.07, 6.45) is 0. The lowest BCUT2D eigenvalue weighted by atomic mass is 10.2. The standard InChI is InChI=1S/C32H10F6N2O4S4/c33-11-5-15(35)25(16(36)6-11)39-29(41)13-9-23(47-27(13)31(39)43)21-3-1-19(45-21)20-2-4-22(46-20)24-10-14-28(48-24)32(44)40(30(14)42)26-17(37)7-12(34)8-18(26)38/h1-10H. The molecule has 4 aromatic heterocycles. The Kier molecular flexibility index (Phi) is 6.86. The van der Waals surface area contributed by atoms with Crippen LogP contribution in [-0.2, 0) is 0 Å². The van der Waals surface area contributed by atoms with E-state index in [0.717, 1.165) is 32.4 Å². The molecule has 6 nitrogen and oxygen atoms in total. The fourth-order valence-corrected chi connectivity index (χ4v) is 9.82. The van der Waals surface area contributed by atoms with Crippen LogP contribution in [0.3, 0.4) is 0 Å². The number of anilines is 2. The van der Waals surface area contributed by atoms with Crippen LogP contribution in [0.1, 0.15) is 40.1 Å². The summed E-state index contributed by atoms with van der Waals surface area (Å²) in [5, 5.41) is 0. The molecule has 0 saturated carbocycles. The van der Waals surface area contributed by atoms with E-state index in [2.05, 4.69) is 0 Å². The highest BCUT2D eigenvalue weighted by atomic mass is 32.1. The second kappa shape index (κ2) is 10.8. The average molecular weight is 729 g/mol. The zero-order valence-electron chi connectivity index (χ0n) is 23.2. The Balaban J connectivity index is 1.03. The summed E-state index contributed by atoms with van der Waals surface area (Å²) in [6.45, 7) is 0. The summed E-state index contributed by atoms with van der Waals surface area (Å²) in [5.41, 5.74) is -1.95. The summed E-state index contributed by atoms with van der Waals surface area (Å²) >= 11 is 4.65. The third-order valence-corrected chi connectivity index (χ3v) is 12.5. The normalized spacial score (nSPS) is 14.1. The molecule has 6 heterocycles. The topological polar surface area (TPSA) is 74.8 Å². The lowest BCUT2D eigenvalue weighted by molar-refractivity contribution is 0.0909. The van der Waals surface area contributed by atoms with Gasteiger partial charge in [0.15, 0.2) is 23.3 Å². The first-order valence-electron chi connectivity index (χ1n) is 13.5. The van der Waals surface area contributed by atoms with Crippen molar-refractivity contribution in [1.29, 1.82) is 0 Å². The minimum Gasteiger partial charge on any atom is -0.268 e. The molecule has 6 aromatic rings. The first kappa shape index (κ1) is 30.4. The van der Waals surface area contributed by atoms with Crippen molar-refractivity contribution in [2.75, 3.05) is 9.80 Å². The van der Waals surface area contributed by atoms with Crippen LogP contribution in [0, 0.1) is 34.9 Å². The van der Waals surface area contributed by atoms with Crippen LogP contribution in [0.15, 0.2) is 60.7 Å². The lowest BCUT2D eigenvalue weighted by Gasteiger charge is -2.15.